The first kappa shape index (κ1) is 23.0. The third kappa shape index (κ3) is 4.93. The molecule has 0 spiro atoms. The maximum atomic E-state index is 12.4. The van der Waals surface area contributed by atoms with E-state index in [0.29, 0.717) is 0 Å². The average Bonchev–Trinajstić information content (AvgIpc) is 3.12. The predicted octanol–water partition coefficient (Wildman–Crippen LogP) is 4.95. The van der Waals surface area contributed by atoms with Crippen LogP contribution in [0.15, 0.2) is 66.7 Å². The number of benzene rings is 3. The number of fused-ring (bicyclic) bond motifs is 3. The number of nitrogens with one attached hydrogen (secondary N) is 2. The molecular weight excluding hydrogens is 432 g/mol. The van der Waals surface area contributed by atoms with Gasteiger partial charge in [-0.3, -0.25) is 4.79 Å². The number of hydrogen-bond donors (Lipinski definition) is 3. The maximum Gasteiger partial charge on any atom is 0.407 e. The first-order valence-corrected chi connectivity index (χ1v) is 11.1. The molecule has 0 unspecified atom stereocenters. The van der Waals surface area contributed by atoms with Crippen LogP contribution in [0.1, 0.15) is 46.3 Å². The number of hydrogen-bond acceptors (Lipinski definition) is 4. The van der Waals surface area contributed by atoms with E-state index in [0.717, 1.165) is 27.8 Å². The fraction of sp³-hybridized carbons (Fsp3) is 0.222. The van der Waals surface area contributed by atoms with Gasteiger partial charge in [0.25, 0.3) is 0 Å². The van der Waals surface area contributed by atoms with Gasteiger partial charge >= 0.3 is 12.1 Å². The Morgan fingerprint density at radius 2 is 1.59 bits per heavy atom. The molecule has 3 aromatic carbocycles. The van der Waals surface area contributed by atoms with Crippen LogP contribution in [-0.4, -0.2) is 35.7 Å². The van der Waals surface area contributed by atoms with E-state index >= 15 is 0 Å². The van der Waals surface area contributed by atoms with E-state index in [4.69, 9.17) is 4.74 Å². The summed E-state index contributed by atoms with van der Waals surface area (Å²) >= 11 is 0. The molecule has 1 atom stereocenters. The maximum absolute atomic E-state index is 12.4. The normalized spacial score (nSPS) is 12.9. The molecule has 0 saturated heterocycles. The van der Waals surface area contributed by atoms with Crippen molar-refractivity contribution in [3.05, 3.63) is 89.0 Å². The number of ether oxygens (including phenoxy) is 1. The molecule has 4 rings (SSSR count). The molecular formula is C27H26N2O5. The van der Waals surface area contributed by atoms with Gasteiger partial charge < -0.3 is 20.5 Å². The van der Waals surface area contributed by atoms with Crippen LogP contribution in [0.4, 0.5) is 10.5 Å². The zero-order valence-electron chi connectivity index (χ0n) is 19.0. The first-order chi connectivity index (χ1) is 16.3. The topological polar surface area (TPSA) is 105 Å². The molecule has 174 valence electrons. The van der Waals surface area contributed by atoms with Gasteiger partial charge in [0.05, 0.1) is 11.3 Å². The van der Waals surface area contributed by atoms with E-state index in [-0.39, 0.29) is 30.2 Å². The van der Waals surface area contributed by atoms with Gasteiger partial charge in [-0.25, -0.2) is 9.59 Å². The lowest BCUT2D eigenvalue weighted by Gasteiger charge is -2.17. The minimum absolute atomic E-state index is 0.0190. The van der Waals surface area contributed by atoms with Gasteiger partial charge in [0.15, 0.2) is 0 Å². The third-order valence-corrected chi connectivity index (χ3v) is 5.88. The van der Waals surface area contributed by atoms with Gasteiger partial charge in [-0.05, 0) is 48.2 Å². The molecule has 0 aromatic heterocycles. The van der Waals surface area contributed by atoms with Crippen molar-refractivity contribution in [2.75, 3.05) is 11.9 Å². The molecule has 3 aromatic rings. The Morgan fingerprint density at radius 3 is 2.21 bits per heavy atom. The van der Waals surface area contributed by atoms with Gasteiger partial charge in [0, 0.05) is 18.4 Å². The summed E-state index contributed by atoms with van der Waals surface area (Å²) in [5, 5.41) is 14.6. The van der Waals surface area contributed by atoms with E-state index in [1.165, 1.54) is 6.07 Å². The zero-order valence-corrected chi connectivity index (χ0v) is 19.0. The summed E-state index contributed by atoms with van der Waals surface area (Å²) in [7, 11) is 0. The molecule has 2 amide bonds. The van der Waals surface area contributed by atoms with Crippen LogP contribution in [0.2, 0.25) is 0 Å². The number of carboxylic acids is 1. The Morgan fingerprint density at radius 1 is 0.971 bits per heavy atom. The van der Waals surface area contributed by atoms with Gasteiger partial charge in [0.2, 0.25) is 5.91 Å². The largest absolute Gasteiger partial charge is 0.478 e. The van der Waals surface area contributed by atoms with Gasteiger partial charge in [-0.15, -0.1) is 0 Å². The quantitative estimate of drug-likeness (QED) is 0.465. The van der Waals surface area contributed by atoms with Gasteiger partial charge in [-0.2, -0.15) is 0 Å². The molecule has 0 fully saturated rings. The van der Waals surface area contributed by atoms with Gasteiger partial charge in [0.1, 0.15) is 6.61 Å². The molecule has 0 aliphatic heterocycles. The van der Waals surface area contributed by atoms with Crippen molar-refractivity contribution >= 4 is 23.7 Å². The molecule has 34 heavy (non-hydrogen) atoms. The number of carbonyl (C=O) groups is 3. The lowest BCUT2D eigenvalue weighted by molar-refractivity contribution is -0.116. The fourth-order valence-electron chi connectivity index (χ4n) is 4.32. The Labute approximate surface area is 197 Å². The minimum atomic E-state index is -1.12. The highest BCUT2D eigenvalue weighted by atomic mass is 16.5. The van der Waals surface area contributed by atoms with Gasteiger partial charge in [-0.1, -0.05) is 60.2 Å². The van der Waals surface area contributed by atoms with Crippen LogP contribution >= 0.6 is 0 Å². The number of anilines is 1. The lowest BCUT2D eigenvalue weighted by atomic mass is 9.98. The molecule has 3 N–H and O–H groups in total. The SMILES string of the molecule is Cc1ccc(NC(=O)C[C@@H](C)NC(=O)OCC2c3ccccc3-c3ccccc32)c(C(=O)O)c1. The van der Waals surface area contributed by atoms with Crippen molar-refractivity contribution in [3.63, 3.8) is 0 Å². The molecule has 0 saturated carbocycles. The summed E-state index contributed by atoms with van der Waals surface area (Å²) in [4.78, 5) is 36.3. The number of aryl methyl sites for hydroxylation is 1. The molecule has 0 radical (unpaired) electrons. The van der Waals surface area contributed by atoms with E-state index < -0.39 is 24.0 Å². The molecule has 7 heteroatoms. The second-order valence-corrected chi connectivity index (χ2v) is 8.48. The highest BCUT2D eigenvalue weighted by molar-refractivity contribution is 6.00. The molecule has 1 aliphatic carbocycles. The zero-order chi connectivity index (χ0) is 24.2. The summed E-state index contributed by atoms with van der Waals surface area (Å²) in [5.74, 6) is -1.57. The number of alkyl carbamates (subject to hydrolysis) is 1. The molecule has 0 heterocycles. The fourth-order valence-corrected chi connectivity index (χ4v) is 4.32. The van der Waals surface area contributed by atoms with E-state index in [9.17, 15) is 19.5 Å². The van der Waals surface area contributed by atoms with Crippen molar-refractivity contribution < 1.29 is 24.2 Å². The highest BCUT2D eigenvalue weighted by Gasteiger charge is 2.29. The minimum Gasteiger partial charge on any atom is -0.478 e. The third-order valence-electron chi connectivity index (χ3n) is 5.88. The van der Waals surface area contributed by atoms with Crippen molar-refractivity contribution in [2.45, 2.75) is 32.2 Å². The van der Waals surface area contributed by atoms with Crippen molar-refractivity contribution in [1.29, 1.82) is 0 Å². The number of amides is 2. The van der Waals surface area contributed by atoms with Crippen LogP contribution in [0.25, 0.3) is 11.1 Å². The Hall–Kier alpha value is -4.13. The van der Waals surface area contributed by atoms with Crippen LogP contribution in [0.3, 0.4) is 0 Å². The summed E-state index contributed by atoms with van der Waals surface area (Å²) in [6.45, 7) is 3.65. The summed E-state index contributed by atoms with van der Waals surface area (Å²) in [6.07, 6.45) is -0.638. The van der Waals surface area contributed by atoms with Crippen molar-refractivity contribution in [2.24, 2.45) is 0 Å². The Bertz CT molecular complexity index is 1210. The monoisotopic (exact) mass is 458 g/mol. The van der Waals surface area contributed by atoms with E-state index in [1.807, 2.05) is 36.4 Å². The molecule has 0 bridgehead atoms. The average molecular weight is 459 g/mol. The number of carboxylic acid groups (broad SMARTS) is 1. The predicted molar refractivity (Wildman–Crippen MR) is 129 cm³/mol. The lowest BCUT2D eigenvalue weighted by Crippen LogP contribution is -2.36. The van der Waals surface area contributed by atoms with Crippen LogP contribution < -0.4 is 10.6 Å². The number of rotatable bonds is 7. The molecule has 1 aliphatic rings. The highest BCUT2D eigenvalue weighted by Crippen LogP contribution is 2.44. The summed E-state index contributed by atoms with van der Waals surface area (Å²) in [5.41, 5.74) is 5.55. The smallest absolute Gasteiger partial charge is 0.407 e. The summed E-state index contributed by atoms with van der Waals surface area (Å²) in [6, 6.07) is 20.4. The standard InChI is InChI=1S/C27H26N2O5/c1-16-11-12-24(22(13-16)26(31)32)29-25(30)14-17(2)28-27(33)34-15-23-20-9-5-3-7-18(20)19-8-4-6-10-21(19)23/h3-13,17,23H,14-15H2,1-2H3,(H,28,33)(H,29,30)(H,31,32)/t17-/m1/s1. The first-order valence-electron chi connectivity index (χ1n) is 11.1. The van der Waals surface area contributed by atoms with E-state index in [2.05, 4.69) is 22.8 Å². The second kappa shape index (κ2) is 9.79. The number of aromatic carboxylic acids is 1. The summed E-state index contributed by atoms with van der Waals surface area (Å²) < 4.78 is 5.51. The van der Waals surface area contributed by atoms with E-state index in [1.54, 1.807) is 26.0 Å². The van der Waals surface area contributed by atoms with Crippen molar-refractivity contribution in [1.82, 2.24) is 5.32 Å². The van der Waals surface area contributed by atoms with Crippen LogP contribution in [-0.2, 0) is 9.53 Å². The second-order valence-electron chi connectivity index (χ2n) is 8.48. The Balaban J connectivity index is 1.32. The number of carbonyl (C=O) groups excluding carboxylic acids is 2. The molecule has 7 nitrogen and oxygen atoms in total. The van der Waals surface area contributed by atoms with Crippen LogP contribution in [0.5, 0.6) is 0 Å². The Kier molecular flexibility index (Phi) is 6.63. The van der Waals surface area contributed by atoms with Crippen LogP contribution in [0, 0.1) is 6.92 Å². The van der Waals surface area contributed by atoms with Crippen molar-refractivity contribution in [3.8, 4) is 11.1 Å².